The molecule has 0 aliphatic heterocycles. The van der Waals surface area contributed by atoms with Crippen molar-refractivity contribution in [3.05, 3.63) is 40.4 Å². The zero-order valence-electron chi connectivity index (χ0n) is 10.9. The average molecular weight is 306 g/mol. The van der Waals surface area contributed by atoms with E-state index < -0.39 is 35.1 Å². The number of nitrogens with one attached hydrogen (secondary N) is 1. The number of benzene rings is 1. The molecular formula is C12H13F3N2O4. The van der Waals surface area contributed by atoms with E-state index >= 15 is 0 Å². The maximum Gasteiger partial charge on any atom is 0.401 e. The van der Waals surface area contributed by atoms with Gasteiger partial charge in [0.2, 0.25) is 6.54 Å². The van der Waals surface area contributed by atoms with E-state index in [2.05, 4.69) is 5.32 Å². The lowest BCUT2D eigenvalue weighted by atomic mass is 9.87. The van der Waals surface area contributed by atoms with E-state index in [9.17, 15) is 33.2 Å². The molecule has 1 amide bonds. The summed E-state index contributed by atoms with van der Waals surface area (Å²) in [4.78, 5) is 20.9. The van der Waals surface area contributed by atoms with Crippen LogP contribution in [-0.2, 0) is 4.79 Å². The van der Waals surface area contributed by atoms with Gasteiger partial charge in [-0.15, -0.1) is 0 Å². The molecule has 1 aromatic carbocycles. The van der Waals surface area contributed by atoms with E-state index in [-0.39, 0.29) is 5.69 Å². The summed E-state index contributed by atoms with van der Waals surface area (Å²) >= 11 is 0. The van der Waals surface area contributed by atoms with Gasteiger partial charge in [0.15, 0.2) is 11.5 Å². The number of nitrogens with zero attached hydrogens (tertiary/aromatic N) is 1. The van der Waals surface area contributed by atoms with Crippen molar-refractivity contribution < 1.29 is 28.0 Å². The Morgan fingerprint density at radius 1 is 1.38 bits per heavy atom. The minimum Gasteiger partial charge on any atom is -0.379 e. The molecular weight excluding hydrogens is 293 g/mol. The number of rotatable bonds is 5. The third-order valence-corrected chi connectivity index (χ3v) is 2.90. The topological polar surface area (TPSA) is 92.5 Å². The second-order valence-corrected chi connectivity index (χ2v) is 4.58. The number of carbonyl (C=O) groups is 1. The maximum atomic E-state index is 12.8. The first kappa shape index (κ1) is 16.9. The molecule has 0 saturated heterocycles. The van der Waals surface area contributed by atoms with Crippen LogP contribution in [0.2, 0.25) is 0 Å². The summed E-state index contributed by atoms with van der Waals surface area (Å²) in [7, 11) is 0. The van der Waals surface area contributed by atoms with E-state index in [0.717, 1.165) is 0 Å². The van der Waals surface area contributed by atoms with Crippen LogP contribution in [0.4, 0.5) is 18.9 Å². The van der Waals surface area contributed by atoms with Gasteiger partial charge < -0.3 is 10.4 Å². The summed E-state index contributed by atoms with van der Waals surface area (Å²) in [6.07, 6.45) is -5.09. The van der Waals surface area contributed by atoms with Crippen molar-refractivity contribution in [3.63, 3.8) is 0 Å². The number of carbonyl (C=O) groups excluding carboxylic acids is 1. The molecule has 0 spiro atoms. The fraction of sp³-hybridized carbons (Fsp3) is 0.417. The molecule has 116 valence electrons. The summed E-state index contributed by atoms with van der Waals surface area (Å²) < 4.78 is 38.5. The van der Waals surface area contributed by atoms with Crippen LogP contribution in [0.25, 0.3) is 0 Å². The van der Waals surface area contributed by atoms with Crippen molar-refractivity contribution >= 4 is 11.6 Å². The molecule has 21 heavy (non-hydrogen) atoms. The van der Waals surface area contributed by atoms with Crippen LogP contribution in [0, 0.1) is 16.0 Å². The second-order valence-electron chi connectivity index (χ2n) is 4.58. The molecule has 6 nitrogen and oxygen atoms in total. The molecule has 0 heterocycles. The van der Waals surface area contributed by atoms with Gasteiger partial charge in [0.1, 0.15) is 0 Å². The first-order valence-electron chi connectivity index (χ1n) is 5.82. The Morgan fingerprint density at radius 2 is 1.90 bits per heavy atom. The third-order valence-electron chi connectivity index (χ3n) is 2.90. The highest BCUT2D eigenvalue weighted by molar-refractivity contribution is 5.97. The van der Waals surface area contributed by atoms with Gasteiger partial charge >= 0.3 is 6.18 Å². The number of aliphatic hydroxyl groups is 1. The fourth-order valence-corrected chi connectivity index (χ4v) is 1.69. The number of para-hydroxylation sites is 1. The number of hydrogen-bond acceptors (Lipinski definition) is 4. The Bertz CT molecular complexity index is 517. The van der Waals surface area contributed by atoms with E-state index in [1.165, 1.54) is 24.3 Å². The van der Waals surface area contributed by atoms with Crippen LogP contribution in [-0.4, -0.2) is 34.3 Å². The smallest absolute Gasteiger partial charge is 0.379 e. The molecule has 0 aliphatic carbocycles. The van der Waals surface area contributed by atoms with Crippen molar-refractivity contribution in [1.29, 1.82) is 0 Å². The lowest BCUT2D eigenvalue weighted by Gasteiger charge is -2.30. The van der Waals surface area contributed by atoms with E-state index in [0.29, 0.717) is 6.92 Å². The van der Waals surface area contributed by atoms with Crippen molar-refractivity contribution in [2.24, 2.45) is 5.92 Å². The Labute approximate surface area is 117 Å². The third kappa shape index (κ3) is 4.42. The van der Waals surface area contributed by atoms with Crippen LogP contribution in [0.15, 0.2) is 30.3 Å². The van der Waals surface area contributed by atoms with Crippen LogP contribution in [0.1, 0.15) is 6.92 Å². The number of hydrogen-bond donors (Lipinski definition) is 2. The Morgan fingerprint density at radius 3 is 2.33 bits per heavy atom. The van der Waals surface area contributed by atoms with Crippen molar-refractivity contribution in [2.75, 3.05) is 11.9 Å². The minimum atomic E-state index is -5.09. The van der Waals surface area contributed by atoms with Gasteiger partial charge in [-0.05, 0) is 19.1 Å². The standard InChI is InChI=1S/C12H13F3N2O4/c1-11(19,9(7-17(20)21)12(13,14)15)10(18)16-8-5-3-2-4-6-8/h2-6,9,19H,7H2,1H3,(H,16,18). The first-order chi connectivity index (χ1) is 9.55. The number of nitro groups is 1. The highest BCUT2D eigenvalue weighted by Gasteiger charge is 2.57. The van der Waals surface area contributed by atoms with Crippen LogP contribution in [0.5, 0.6) is 0 Å². The summed E-state index contributed by atoms with van der Waals surface area (Å²) in [6, 6.07) is 7.50. The van der Waals surface area contributed by atoms with Crippen LogP contribution >= 0.6 is 0 Å². The van der Waals surface area contributed by atoms with E-state index in [1.54, 1.807) is 6.07 Å². The van der Waals surface area contributed by atoms with Crippen LogP contribution in [0.3, 0.4) is 0 Å². The zero-order valence-corrected chi connectivity index (χ0v) is 10.9. The predicted molar refractivity (Wildman–Crippen MR) is 67.1 cm³/mol. The van der Waals surface area contributed by atoms with Gasteiger partial charge in [-0.25, -0.2) is 0 Å². The molecule has 9 heteroatoms. The van der Waals surface area contributed by atoms with E-state index in [1.807, 2.05) is 0 Å². The quantitative estimate of drug-likeness (QED) is 0.641. The van der Waals surface area contributed by atoms with Gasteiger partial charge in [-0.1, -0.05) is 18.2 Å². The zero-order chi connectivity index (χ0) is 16.3. The molecule has 0 aliphatic rings. The Hall–Kier alpha value is -2.16. The normalized spacial score (nSPS) is 15.9. The summed E-state index contributed by atoms with van der Waals surface area (Å²) in [5.41, 5.74) is -2.80. The van der Waals surface area contributed by atoms with Crippen LogP contribution < -0.4 is 5.32 Å². The summed E-state index contributed by atoms with van der Waals surface area (Å²) in [5, 5.41) is 22.3. The van der Waals surface area contributed by atoms with Gasteiger partial charge in [0.05, 0.1) is 0 Å². The van der Waals surface area contributed by atoms with Crippen molar-refractivity contribution in [2.45, 2.75) is 18.7 Å². The SMILES string of the molecule is CC(O)(C(=O)Nc1ccccc1)C(C[N+](=O)[O-])C(F)(F)F. The molecule has 2 atom stereocenters. The number of alkyl halides is 3. The maximum absolute atomic E-state index is 12.8. The minimum absolute atomic E-state index is 0.171. The largest absolute Gasteiger partial charge is 0.401 e. The molecule has 2 N–H and O–H groups in total. The summed E-state index contributed by atoms with van der Waals surface area (Å²) in [5.74, 6) is -4.18. The Balaban J connectivity index is 2.99. The predicted octanol–water partition coefficient (Wildman–Crippen LogP) is 1.83. The van der Waals surface area contributed by atoms with E-state index in [4.69, 9.17) is 0 Å². The Kier molecular flexibility index (Phi) is 4.89. The fourth-order valence-electron chi connectivity index (χ4n) is 1.69. The lowest BCUT2D eigenvalue weighted by Crippen LogP contribution is -2.54. The molecule has 0 radical (unpaired) electrons. The molecule has 0 aromatic heterocycles. The van der Waals surface area contributed by atoms with Gasteiger partial charge in [-0.2, -0.15) is 13.2 Å². The molecule has 0 fully saturated rings. The monoisotopic (exact) mass is 306 g/mol. The lowest BCUT2D eigenvalue weighted by molar-refractivity contribution is -0.502. The van der Waals surface area contributed by atoms with Crippen molar-refractivity contribution in [1.82, 2.24) is 0 Å². The first-order valence-corrected chi connectivity index (χ1v) is 5.82. The van der Waals surface area contributed by atoms with Gasteiger partial charge in [0.25, 0.3) is 5.91 Å². The molecule has 2 unspecified atom stereocenters. The number of halogens is 3. The molecule has 0 bridgehead atoms. The average Bonchev–Trinajstić information content (AvgIpc) is 2.35. The number of amides is 1. The molecule has 1 aromatic rings. The van der Waals surface area contributed by atoms with Gasteiger partial charge in [0, 0.05) is 10.6 Å². The van der Waals surface area contributed by atoms with Crippen molar-refractivity contribution in [3.8, 4) is 0 Å². The highest BCUT2D eigenvalue weighted by Crippen LogP contribution is 2.35. The number of anilines is 1. The van der Waals surface area contributed by atoms with Gasteiger partial charge in [-0.3, -0.25) is 14.9 Å². The highest BCUT2D eigenvalue weighted by atomic mass is 19.4. The second kappa shape index (κ2) is 6.08. The molecule has 0 saturated carbocycles. The summed E-state index contributed by atoms with van der Waals surface area (Å²) in [6.45, 7) is -0.994. The molecule has 1 rings (SSSR count).